The van der Waals surface area contributed by atoms with Gasteiger partial charge < -0.3 is 13.6 Å². The van der Waals surface area contributed by atoms with Crippen LogP contribution in [0.5, 0.6) is 0 Å². The van der Waals surface area contributed by atoms with E-state index < -0.39 is 8.60 Å². The van der Waals surface area contributed by atoms with E-state index in [4.69, 9.17) is 13.6 Å². The summed E-state index contributed by atoms with van der Waals surface area (Å²) in [5.74, 6) is 2.50. The molecule has 3 nitrogen and oxygen atoms in total. The fourth-order valence-electron chi connectivity index (χ4n) is 4.08. The van der Waals surface area contributed by atoms with E-state index in [1.807, 2.05) is 0 Å². The minimum atomic E-state index is -1.17. The van der Waals surface area contributed by atoms with Gasteiger partial charge in [0.15, 0.2) is 0 Å². The normalized spacial score (nSPS) is 11.8. The van der Waals surface area contributed by atoms with Crippen molar-refractivity contribution in [3.8, 4) is 0 Å². The second-order valence-corrected chi connectivity index (χ2v) is 12.8. The molecule has 0 bridgehead atoms. The molecule has 0 aromatic rings. The highest BCUT2D eigenvalue weighted by molar-refractivity contribution is 7.41. The summed E-state index contributed by atoms with van der Waals surface area (Å²) in [6.07, 6.45) is 23.4. The molecular formula is C30H63O3P2. The van der Waals surface area contributed by atoms with E-state index in [1.165, 1.54) is 96.3 Å². The van der Waals surface area contributed by atoms with Crippen molar-refractivity contribution in [3.05, 3.63) is 0 Å². The summed E-state index contributed by atoms with van der Waals surface area (Å²) < 4.78 is 18.2. The second kappa shape index (κ2) is 29.3. The predicted molar refractivity (Wildman–Crippen MR) is 159 cm³/mol. The fourth-order valence-corrected chi connectivity index (χ4v) is 5.14. The Hall–Kier alpha value is 0.740. The molecule has 0 spiro atoms. The Morgan fingerprint density at radius 1 is 0.371 bits per heavy atom. The van der Waals surface area contributed by atoms with E-state index in [0.29, 0.717) is 0 Å². The molecule has 0 unspecified atom stereocenters. The Bertz CT molecular complexity index is 335. The van der Waals surface area contributed by atoms with Gasteiger partial charge in [-0.3, -0.25) is 0 Å². The molecule has 0 N–H and O–H groups in total. The summed E-state index contributed by atoms with van der Waals surface area (Å²) in [7, 11) is -1.17. The van der Waals surface area contributed by atoms with Crippen molar-refractivity contribution in [2.45, 2.75) is 157 Å². The Morgan fingerprint density at radius 2 is 0.600 bits per heavy atom. The molecule has 0 atom stereocenters. The van der Waals surface area contributed by atoms with Crippen LogP contribution >= 0.6 is 18.5 Å². The van der Waals surface area contributed by atoms with Gasteiger partial charge in [0.05, 0.1) is 19.8 Å². The highest BCUT2D eigenvalue weighted by Crippen LogP contribution is 2.40. The molecule has 0 saturated heterocycles. The third kappa shape index (κ3) is 32.7. The molecule has 35 heavy (non-hydrogen) atoms. The average Bonchev–Trinajstić information content (AvgIpc) is 2.77. The Kier molecular flexibility index (Phi) is 31.7. The fraction of sp³-hybridized carbons (Fsp3) is 1.00. The van der Waals surface area contributed by atoms with Crippen LogP contribution in [0.2, 0.25) is 0 Å². The van der Waals surface area contributed by atoms with Crippen LogP contribution in [0, 0.1) is 17.8 Å². The highest BCUT2D eigenvalue weighted by Gasteiger charge is 2.12. The van der Waals surface area contributed by atoms with Crippen LogP contribution in [0.25, 0.3) is 0 Å². The van der Waals surface area contributed by atoms with Gasteiger partial charge in [-0.1, -0.05) is 138 Å². The molecule has 5 heteroatoms. The molecule has 0 aromatic carbocycles. The van der Waals surface area contributed by atoms with Crippen molar-refractivity contribution in [2.75, 3.05) is 19.8 Å². The highest BCUT2D eigenvalue weighted by atomic mass is 31.2. The zero-order valence-electron chi connectivity index (χ0n) is 24.7. The summed E-state index contributed by atoms with van der Waals surface area (Å²) in [5, 5.41) is 0. The van der Waals surface area contributed by atoms with Gasteiger partial charge in [0.25, 0.3) is 0 Å². The summed E-state index contributed by atoms with van der Waals surface area (Å²) >= 11 is 0. The van der Waals surface area contributed by atoms with Gasteiger partial charge in [0.2, 0.25) is 0 Å². The molecule has 0 heterocycles. The molecule has 0 rings (SSSR count). The van der Waals surface area contributed by atoms with Crippen molar-refractivity contribution in [2.24, 2.45) is 17.8 Å². The second-order valence-electron chi connectivity index (χ2n) is 11.6. The van der Waals surface area contributed by atoms with E-state index in [-0.39, 0.29) is 9.90 Å². The molecule has 3 radical (unpaired) electrons. The van der Waals surface area contributed by atoms with E-state index >= 15 is 0 Å². The molecule has 0 aliphatic rings. The van der Waals surface area contributed by atoms with Crippen LogP contribution in [-0.2, 0) is 13.6 Å². The van der Waals surface area contributed by atoms with Crippen molar-refractivity contribution >= 4 is 18.5 Å². The maximum Gasteiger partial charge on any atom is 0.332 e. The molecule has 0 aliphatic carbocycles. The summed E-state index contributed by atoms with van der Waals surface area (Å²) in [5.41, 5.74) is 0. The maximum atomic E-state index is 6.05. The minimum absolute atomic E-state index is 0. The van der Waals surface area contributed by atoms with Crippen LogP contribution in [0.1, 0.15) is 157 Å². The lowest BCUT2D eigenvalue weighted by Crippen LogP contribution is -2.01. The zero-order valence-corrected chi connectivity index (χ0v) is 26.5. The average molecular weight is 534 g/mol. The molecular weight excluding hydrogens is 470 g/mol. The lowest BCUT2D eigenvalue weighted by Gasteiger charge is -2.17. The maximum absolute atomic E-state index is 6.05. The largest absolute Gasteiger partial charge is 0.332 e. The SMILES string of the molecule is CC(C)CCCCCCCOP(OCCCCCCCC(C)C)OCCCCCCCC(C)C.[P]. The number of unbranched alkanes of at least 4 members (excludes halogenated alkanes) is 12. The van der Waals surface area contributed by atoms with Crippen LogP contribution in [-0.4, -0.2) is 19.8 Å². The first-order valence-corrected chi connectivity index (χ1v) is 16.2. The molecule has 0 aromatic heterocycles. The first-order valence-electron chi connectivity index (χ1n) is 15.1. The van der Waals surface area contributed by atoms with Gasteiger partial charge in [-0.25, -0.2) is 0 Å². The Balaban J connectivity index is 0. The van der Waals surface area contributed by atoms with E-state index in [9.17, 15) is 0 Å². The lowest BCUT2D eigenvalue weighted by atomic mass is 10.0. The summed E-state index contributed by atoms with van der Waals surface area (Å²) in [4.78, 5) is 0. The van der Waals surface area contributed by atoms with Crippen LogP contribution in [0.4, 0.5) is 0 Å². The van der Waals surface area contributed by atoms with Gasteiger partial charge in [-0.2, -0.15) is 0 Å². The third-order valence-corrected chi connectivity index (χ3v) is 7.55. The third-order valence-electron chi connectivity index (χ3n) is 6.37. The number of hydrogen-bond donors (Lipinski definition) is 0. The minimum Gasteiger partial charge on any atom is -0.312 e. The van der Waals surface area contributed by atoms with E-state index in [0.717, 1.165) is 56.8 Å². The first kappa shape index (κ1) is 37.9. The van der Waals surface area contributed by atoms with Crippen molar-refractivity contribution in [3.63, 3.8) is 0 Å². The molecule has 0 saturated carbocycles. The predicted octanol–water partition coefficient (Wildman–Crippen LogP) is 12.1. The zero-order chi connectivity index (χ0) is 25.3. The van der Waals surface area contributed by atoms with Gasteiger partial charge in [0, 0.05) is 9.90 Å². The van der Waals surface area contributed by atoms with E-state index in [1.54, 1.807) is 0 Å². The molecule has 0 amide bonds. The van der Waals surface area contributed by atoms with Gasteiger partial charge >= 0.3 is 8.60 Å². The quantitative estimate of drug-likeness (QED) is 0.0776. The number of hydrogen-bond acceptors (Lipinski definition) is 3. The Labute approximate surface area is 226 Å². The lowest BCUT2D eigenvalue weighted by molar-refractivity contribution is 0.153. The van der Waals surface area contributed by atoms with Gasteiger partial charge in [-0.15, -0.1) is 0 Å². The van der Waals surface area contributed by atoms with Gasteiger partial charge in [0.1, 0.15) is 0 Å². The molecule has 0 fully saturated rings. The van der Waals surface area contributed by atoms with Gasteiger partial charge in [-0.05, 0) is 37.0 Å². The summed E-state index contributed by atoms with van der Waals surface area (Å²) in [6.45, 7) is 16.2. The monoisotopic (exact) mass is 533 g/mol. The van der Waals surface area contributed by atoms with Crippen molar-refractivity contribution in [1.29, 1.82) is 0 Å². The van der Waals surface area contributed by atoms with Crippen LogP contribution in [0.15, 0.2) is 0 Å². The standard InChI is InChI=1S/C30H63O3P.P/c1-28(2)22-16-10-7-13-19-25-31-34(32-26-20-14-8-11-17-23-29(3)4)33-27-21-15-9-12-18-24-30(5)6;/h28-30H,7-27H2,1-6H3;. The topological polar surface area (TPSA) is 27.7 Å². The van der Waals surface area contributed by atoms with E-state index in [2.05, 4.69) is 41.5 Å². The van der Waals surface area contributed by atoms with Crippen LogP contribution < -0.4 is 0 Å². The summed E-state index contributed by atoms with van der Waals surface area (Å²) in [6, 6.07) is 0. The Morgan fingerprint density at radius 3 is 0.857 bits per heavy atom. The van der Waals surface area contributed by atoms with Crippen molar-refractivity contribution in [1.82, 2.24) is 0 Å². The molecule has 211 valence electrons. The molecule has 0 aliphatic heterocycles. The van der Waals surface area contributed by atoms with Crippen molar-refractivity contribution < 1.29 is 13.6 Å². The smallest absolute Gasteiger partial charge is 0.312 e. The number of rotatable bonds is 27. The van der Waals surface area contributed by atoms with Crippen LogP contribution in [0.3, 0.4) is 0 Å². The first-order chi connectivity index (χ1) is 16.4.